The Morgan fingerprint density at radius 3 is 2.59 bits per heavy atom. The Kier molecular flexibility index (Phi) is 8.50. The Hall–Kier alpha value is -1.67. The molecule has 0 bridgehead atoms. The van der Waals surface area contributed by atoms with Crippen LogP contribution >= 0.6 is 11.6 Å². The molecular weight excluding hydrogens is 352 g/mol. The van der Waals surface area contributed by atoms with Gasteiger partial charge in [-0.3, -0.25) is 9.98 Å². The third-order valence-electron chi connectivity index (χ3n) is 5.60. The van der Waals surface area contributed by atoms with Gasteiger partial charge in [0.1, 0.15) is 0 Å². The fraction of sp³-hybridized carbons (Fsp3) is 0.500. The highest BCUT2D eigenvalue weighted by molar-refractivity contribution is 6.30. The number of halogens is 1. The van der Waals surface area contributed by atoms with E-state index < -0.39 is 0 Å². The van der Waals surface area contributed by atoms with Crippen molar-refractivity contribution < 1.29 is 0 Å². The first kappa shape index (κ1) is 21.6. The summed E-state index contributed by atoms with van der Waals surface area (Å²) in [5.74, 6) is 1.13. The maximum atomic E-state index is 6.05. The van der Waals surface area contributed by atoms with E-state index in [-0.39, 0.29) is 6.04 Å². The first-order chi connectivity index (χ1) is 13.0. The van der Waals surface area contributed by atoms with Gasteiger partial charge in [-0.15, -0.1) is 0 Å². The SMILES string of the molecule is C=NC1C=C(/C(C)=C/N=C(CC)CC(C)CC)CC(c2ccc(Cl)cc2)C1. The molecule has 0 saturated carbocycles. The van der Waals surface area contributed by atoms with Crippen molar-refractivity contribution >= 4 is 24.0 Å². The summed E-state index contributed by atoms with van der Waals surface area (Å²) in [6.45, 7) is 12.7. The quantitative estimate of drug-likeness (QED) is 0.417. The van der Waals surface area contributed by atoms with Gasteiger partial charge in [-0.05, 0) is 80.0 Å². The zero-order valence-electron chi connectivity index (χ0n) is 17.2. The van der Waals surface area contributed by atoms with E-state index >= 15 is 0 Å². The van der Waals surface area contributed by atoms with Crippen molar-refractivity contribution in [3.8, 4) is 0 Å². The maximum Gasteiger partial charge on any atom is 0.0684 e. The first-order valence-electron chi connectivity index (χ1n) is 10.1. The molecule has 0 saturated heterocycles. The zero-order chi connectivity index (χ0) is 19.8. The first-order valence-corrected chi connectivity index (χ1v) is 10.5. The topological polar surface area (TPSA) is 24.7 Å². The fourth-order valence-electron chi connectivity index (χ4n) is 3.52. The van der Waals surface area contributed by atoms with Crippen LogP contribution in [0.2, 0.25) is 5.02 Å². The monoisotopic (exact) mass is 384 g/mol. The van der Waals surface area contributed by atoms with Gasteiger partial charge >= 0.3 is 0 Å². The summed E-state index contributed by atoms with van der Waals surface area (Å²) in [5, 5.41) is 0.780. The van der Waals surface area contributed by atoms with E-state index in [9.17, 15) is 0 Å². The highest BCUT2D eigenvalue weighted by atomic mass is 35.5. The Morgan fingerprint density at radius 1 is 1.30 bits per heavy atom. The van der Waals surface area contributed by atoms with E-state index in [4.69, 9.17) is 16.6 Å². The molecule has 2 rings (SSSR count). The van der Waals surface area contributed by atoms with Crippen molar-refractivity contribution in [2.75, 3.05) is 0 Å². The van der Waals surface area contributed by atoms with Gasteiger partial charge in [-0.25, -0.2) is 0 Å². The maximum absolute atomic E-state index is 6.05. The average Bonchev–Trinajstić information content (AvgIpc) is 2.70. The van der Waals surface area contributed by atoms with Crippen LogP contribution in [0.25, 0.3) is 0 Å². The lowest BCUT2D eigenvalue weighted by Gasteiger charge is -2.27. The fourth-order valence-corrected chi connectivity index (χ4v) is 3.65. The molecule has 0 N–H and O–H groups in total. The van der Waals surface area contributed by atoms with Crippen LogP contribution in [0.4, 0.5) is 0 Å². The molecule has 1 aromatic rings. The second-order valence-electron chi connectivity index (χ2n) is 7.71. The van der Waals surface area contributed by atoms with E-state index in [0.29, 0.717) is 11.8 Å². The van der Waals surface area contributed by atoms with E-state index in [2.05, 4.69) is 63.8 Å². The summed E-state index contributed by atoms with van der Waals surface area (Å²) in [6, 6.07) is 8.37. The summed E-state index contributed by atoms with van der Waals surface area (Å²) in [7, 11) is 0. The molecule has 3 atom stereocenters. The third-order valence-corrected chi connectivity index (χ3v) is 5.85. The predicted molar refractivity (Wildman–Crippen MR) is 120 cm³/mol. The number of hydrogen-bond donors (Lipinski definition) is 0. The number of nitrogens with zero attached hydrogens (tertiary/aromatic N) is 2. The van der Waals surface area contributed by atoms with Crippen molar-refractivity contribution in [2.45, 2.75) is 71.8 Å². The lowest BCUT2D eigenvalue weighted by atomic mass is 9.80. The Labute approximate surface area is 170 Å². The van der Waals surface area contributed by atoms with E-state index in [0.717, 1.165) is 30.7 Å². The van der Waals surface area contributed by atoms with Gasteiger partial charge in [0.05, 0.1) is 6.04 Å². The van der Waals surface area contributed by atoms with Gasteiger partial charge < -0.3 is 0 Å². The molecule has 1 aliphatic rings. The Bertz CT molecular complexity index is 712. The molecule has 27 heavy (non-hydrogen) atoms. The predicted octanol–water partition coefficient (Wildman–Crippen LogP) is 7.40. The Morgan fingerprint density at radius 2 is 2.00 bits per heavy atom. The number of aliphatic imine (C=N–C) groups is 2. The van der Waals surface area contributed by atoms with Gasteiger partial charge in [0.2, 0.25) is 0 Å². The molecule has 3 heteroatoms. The van der Waals surface area contributed by atoms with E-state index in [1.54, 1.807) is 0 Å². The highest BCUT2D eigenvalue weighted by Crippen LogP contribution is 2.37. The molecule has 0 spiro atoms. The third kappa shape index (κ3) is 6.46. The van der Waals surface area contributed by atoms with Gasteiger partial charge in [0.25, 0.3) is 0 Å². The summed E-state index contributed by atoms with van der Waals surface area (Å²) in [6.07, 6.45) is 9.62. The molecule has 0 aromatic heterocycles. The zero-order valence-corrected chi connectivity index (χ0v) is 18.0. The number of rotatable bonds is 8. The lowest BCUT2D eigenvalue weighted by Crippen LogP contribution is -2.16. The van der Waals surface area contributed by atoms with Crippen molar-refractivity contribution in [3.63, 3.8) is 0 Å². The van der Waals surface area contributed by atoms with Crippen molar-refractivity contribution in [2.24, 2.45) is 15.9 Å². The van der Waals surface area contributed by atoms with Crippen LogP contribution < -0.4 is 0 Å². The molecule has 0 aliphatic heterocycles. The molecular formula is C24H33ClN2. The van der Waals surface area contributed by atoms with Crippen LogP contribution in [0.1, 0.15) is 71.3 Å². The van der Waals surface area contributed by atoms with Crippen LogP contribution in [0.15, 0.2) is 57.7 Å². The van der Waals surface area contributed by atoms with Crippen LogP contribution in [-0.4, -0.2) is 18.5 Å². The molecule has 0 fully saturated rings. The average molecular weight is 385 g/mol. The van der Waals surface area contributed by atoms with Crippen LogP contribution in [0, 0.1) is 5.92 Å². The molecule has 1 aromatic carbocycles. The van der Waals surface area contributed by atoms with Gasteiger partial charge in [0.15, 0.2) is 0 Å². The van der Waals surface area contributed by atoms with Gasteiger partial charge in [0, 0.05) is 16.9 Å². The summed E-state index contributed by atoms with van der Waals surface area (Å²) in [4.78, 5) is 9.14. The summed E-state index contributed by atoms with van der Waals surface area (Å²) >= 11 is 6.05. The van der Waals surface area contributed by atoms with Crippen molar-refractivity contribution in [1.82, 2.24) is 0 Å². The molecule has 0 radical (unpaired) electrons. The molecule has 2 nitrogen and oxygen atoms in total. The highest BCUT2D eigenvalue weighted by Gasteiger charge is 2.23. The molecule has 1 aliphatic carbocycles. The van der Waals surface area contributed by atoms with Crippen LogP contribution in [0.5, 0.6) is 0 Å². The number of hydrogen-bond acceptors (Lipinski definition) is 2. The minimum atomic E-state index is 0.160. The normalized spacial score (nSPS) is 22.3. The molecule has 0 amide bonds. The van der Waals surface area contributed by atoms with Gasteiger partial charge in [-0.1, -0.05) is 57.0 Å². The number of allylic oxidation sites excluding steroid dienone is 2. The lowest BCUT2D eigenvalue weighted by molar-refractivity contribution is 0.551. The van der Waals surface area contributed by atoms with Crippen LogP contribution in [-0.2, 0) is 0 Å². The molecule has 146 valence electrons. The number of benzene rings is 1. The molecule has 0 heterocycles. The minimum absolute atomic E-state index is 0.160. The van der Waals surface area contributed by atoms with Crippen molar-refractivity contribution in [1.29, 1.82) is 0 Å². The van der Waals surface area contributed by atoms with E-state index in [1.165, 1.54) is 28.8 Å². The molecule has 3 unspecified atom stereocenters. The largest absolute Gasteiger partial charge is 0.293 e. The minimum Gasteiger partial charge on any atom is -0.293 e. The van der Waals surface area contributed by atoms with E-state index in [1.807, 2.05) is 12.1 Å². The Balaban J connectivity index is 2.19. The van der Waals surface area contributed by atoms with Crippen LogP contribution in [0.3, 0.4) is 0 Å². The summed E-state index contributed by atoms with van der Waals surface area (Å²) in [5.41, 5.74) is 5.17. The standard InChI is InChI=1S/C24H33ClN2/c1-6-17(3)12-23(7-2)27-16-18(4)20-13-21(15-24(14-20)26-5)19-8-10-22(25)11-9-19/h8-11,14,16-17,21,24H,5-7,12-13,15H2,1-4H3/b18-16+,27-23?. The van der Waals surface area contributed by atoms with Crippen molar-refractivity contribution in [3.05, 3.63) is 58.3 Å². The second kappa shape index (κ2) is 10.6. The summed E-state index contributed by atoms with van der Waals surface area (Å²) < 4.78 is 0. The van der Waals surface area contributed by atoms with Gasteiger partial charge in [-0.2, -0.15) is 0 Å². The second-order valence-corrected chi connectivity index (χ2v) is 8.15. The smallest absolute Gasteiger partial charge is 0.0684 e.